The second-order valence-electron chi connectivity index (χ2n) is 8.76. The van der Waals surface area contributed by atoms with Crippen LogP contribution in [0.2, 0.25) is 0 Å². The largest absolute Gasteiger partial charge is 0.385 e. The lowest BCUT2D eigenvalue weighted by atomic mass is 10.1. The number of nitrogens with one attached hydrogen (secondary N) is 1. The molecule has 0 saturated heterocycles. The average Bonchev–Trinajstić information content (AvgIpc) is 3.33. The van der Waals surface area contributed by atoms with E-state index in [4.69, 9.17) is 10.4 Å². The van der Waals surface area contributed by atoms with E-state index >= 15 is 0 Å². The molecule has 1 aliphatic heterocycles. The minimum Gasteiger partial charge on any atom is -0.385 e. The third-order valence-electron chi connectivity index (χ3n) is 6.17. The number of nitriles is 1. The van der Waals surface area contributed by atoms with E-state index in [0.29, 0.717) is 5.56 Å². The van der Waals surface area contributed by atoms with E-state index in [-0.39, 0.29) is 0 Å². The third kappa shape index (κ3) is 7.71. The quantitative estimate of drug-likeness (QED) is 0.316. The molecule has 0 spiro atoms. The fraction of sp³-hybridized carbons (Fsp3) is 0.500. The van der Waals surface area contributed by atoms with Gasteiger partial charge in [0.05, 0.1) is 23.0 Å². The number of anilines is 2. The number of unbranched alkanes of at least 4 members (excludes halogenated alkanes) is 9. The molecule has 4 nitrogen and oxygen atoms in total. The number of hydrazone groups is 1. The summed E-state index contributed by atoms with van der Waals surface area (Å²) in [4.78, 5) is 0. The Hall–Kier alpha value is -2.80. The summed E-state index contributed by atoms with van der Waals surface area (Å²) in [5.74, 6) is 0. The molecule has 0 amide bonds. The molecule has 170 valence electrons. The average molecular weight is 431 g/mol. The molecular formula is C28H38N4. The summed E-state index contributed by atoms with van der Waals surface area (Å²) in [5, 5.41) is 19.4. The lowest BCUT2D eigenvalue weighted by Crippen LogP contribution is -2.11. The molecule has 0 aromatic heterocycles. The first-order valence-electron chi connectivity index (χ1n) is 12.5. The van der Waals surface area contributed by atoms with E-state index < -0.39 is 0 Å². The molecule has 1 aliphatic rings. The lowest BCUT2D eigenvalue weighted by Gasteiger charge is -2.14. The van der Waals surface area contributed by atoms with Crippen molar-refractivity contribution in [3.63, 3.8) is 0 Å². The highest BCUT2D eigenvalue weighted by Crippen LogP contribution is 2.24. The highest BCUT2D eigenvalue weighted by atomic mass is 15.5. The zero-order chi connectivity index (χ0) is 22.4. The zero-order valence-corrected chi connectivity index (χ0v) is 19.7. The summed E-state index contributed by atoms with van der Waals surface area (Å²) in [5.41, 5.74) is 5.17. The molecule has 32 heavy (non-hydrogen) atoms. The topological polar surface area (TPSA) is 51.4 Å². The lowest BCUT2D eigenvalue weighted by molar-refractivity contribution is 0.560. The summed E-state index contributed by atoms with van der Waals surface area (Å²) in [6.45, 7) is 4.21. The van der Waals surface area contributed by atoms with Crippen LogP contribution < -0.4 is 10.3 Å². The highest BCUT2D eigenvalue weighted by Gasteiger charge is 2.17. The Labute approximate surface area is 194 Å². The van der Waals surface area contributed by atoms with Crippen molar-refractivity contribution < 1.29 is 0 Å². The van der Waals surface area contributed by atoms with Gasteiger partial charge in [-0.15, -0.1) is 0 Å². The van der Waals surface area contributed by atoms with Gasteiger partial charge in [0.15, 0.2) is 0 Å². The predicted molar refractivity (Wildman–Crippen MR) is 136 cm³/mol. The summed E-state index contributed by atoms with van der Waals surface area (Å²) in [6, 6.07) is 18.5. The minimum atomic E-state index is 0.685. The molecule has 1 heterocycles. The Morgan fingerprint density at radius 1 is 0.844 bits per heavy atom. The summed E-state index contributed by atoms with van der Waals surface area (Å²) < 4.78 is 0. The van der Waals surface area contributed by atoms with Gasteiger partial charge in [0.25, 0.3) is 0 Å². The first-order valence-corrected chi connectivity index (χ1v) is 12.5. The number of hydrogen-bond donors (Lipinski definition) is 1. The summed E-state index contributed by atoms with van der Waals surface area (Å²) >= 11 is 0. The molecule has 4 heteroatoms. The third-order valence-corrected chi connectivity index (χ3v) is 6.17. The molecule has 0 atom stereocenters. The number of rotatable bonds is 14. The predicted octanol–water partition coefficient (Wildman–Crippen LogP) is 7.51. The first kappa shape index (κ1) is 23.9. The number of nitrogens with zero attached hydrogens (tertiary/aromatic N) is 3. The highest BCUT2D eigenvalue weighted by molar-refractivity contribution is 6.02. The van der Waals surface area contributed by atoms with Crippen LogP contribution in [0.5, 0.6) is 0 Å². The second kappa shape index (κ2) is 13.6. The standard InChI is InChI=1S/C28H38N4/c1-2-3-4-5-6-7-8-9-10-11-21-30-26-16-18-27(19-17-26)32-22-20-28(31-32)25-14-12-24(23-29)13-15-25/h12-19,30H,2-11,20-22H2,1H3. The van der Waals surface area contributed by atoms with Gasteiger partial charge in [-0.25, -0.2) is 0 Å². The fourth-order valence-corrected chi connectivity index (χ4v) is 4.18. The zero-order valence-electron chi connectivity index (χ0n) is 19.7. The maximum Gasteiger partial charge on any atom is 0.0991 e. The maximum atomic E-state index is 8.96. The van der Waals surface area contributed by atoms with E-state index in [2.05, 4.69) is 47.6 Å². The molecule has 2 aromatic carbocycles. The molecule has 0 saturated carbocycles. The van der Waals surface area contributed by atoms with Crippen LogP contribution in [0.15, 0.2) is 53.6 Å². The van der Waals surface area contributed by atoms with Gasteiger partial charge < -0.3 is 5.32 Å². The van der Waals surface area contributed by atoms with E-state index in [1.807, 2.05) is 24.3 Å². The van der Waals surface area contributed by atoms with Gasteiger partial charge in [0.1, 0.15) is 0 Å². The van der Waals surface area contributed by atoms with Crippen LogP contribution in [0.4, 0.5) is 11.4 Å². The van der Waals surface area contributed by atoms with E-state index in [0.717, 1.165) is 36.5 Å². The molecule has 1 N–H and O–H groups in total. The van der Waals surface area contributed by atoms with Crippen LogP contribution in [0.3, 0.4) is 0 Å². The van der Waals surface area contributed by atoms with Crippen molar-refractivity contribution in [1.29, 1.82) is 5.26 Å². The fourth-order valence-electron chi connectivity index (χ4n) is 4.18. The Morgan fingerprint density at radius 3 is 2.09 bits per heavy atom. The Kier molecular flexibility index (Phi) is 10.1. The van der Waals surface area contributed by atoms with Gasteiger partial charge in [-0.2, -0.15) is 10.4 Å². The van der Waals surface area contributed by atoms with Crippen molar-refractivity contribution in [2.45, 2.75) is 77.6 Å². The van der Waals surface area contributed by atoms with Crippen molar-refractivity contribution in [1.82, 2.24) is 0 Å². The summed E-state index contributed by atoms with van der Waals surface area (Å²) in [7, 11) is 0. The molecule has 2 aromatic rings. The first-order chi connectivity index (χ1) is 15.8. The van der Waals surface area contributed by atoms with Gasteiger partial charge in [0, 0.05) is 25.2 Å². The van der Waals surface area contributed by atoms with Crippen molar-refractivity contribution in [3.05, 3.63) is 59.7 Å². The monoisotopic (exact) mass is 430 g/mol. The van der Waals surface area contributed by atoms with Gasteiger partial charge >= 0.3 is 0 Å². The minimum absolute atomic E-state index is 0.685. The van der Waals surface area contributed by atoms with Crippen LogP contribution in [-0.2, 0) is 0 Å². The molecule has 0 aliphatic carbocycles. The van der Waals surface area contributed by atoms with Gasteiger partial charge in [0.2, 0.25) is 0 Å². The SMILES string of the molecule is CCCCCCCCCCCCNc1ccc(N2CCC(c3ccc(C#N)cc3)=N2)cc1. The smallest absolute Gasteiger partial charge is 0.0991 e. The van der Waals surface area contributed by atoms with Crippen molar-refractivity contribution in [3.8, 4) is 6.07 Å². The molecule has 3 rings (SSSR count). The van der Waals surface area contributed by atoms with Gasteiger partial charge in [-0.3, -0.25) is 5.01 Å². The van der Waals surface area contributed by atoms with Crippen LogP contribution in [0.1, 0.15) is 88.7 Å². The normalized spacial score (nSPS) is 13.1. The van der Waals surface area contributed by atoms with Crippen LogP contribution >= 0.6 is 0 Å². The van der Waals surface area contributed by atoms with Crippen molar-refractivity contribution >= 4 is 17.1 Å². The van der Waals surface area contributed by atoms with E-state index in [1.165, 1.54) is 69.9 Å². The molecule has 0 unspecified atom stereocenters. The van der Waals surface area contributed by atoms with Crippen LogP contribution in [0, 0.1) is 11.3 Å². The number of benzene rings is 2. The summed E-state index contributed by atoms with van der Waals surface area (Å²) in [6.07, 6.45) is 14.6. The second-order valence-corrected chi connectivity index (χ2v) is 8.76. The Bertz CT molecular complexity index is 862. The van der Waals surface area contributed by atoms with E-state index in [1.54, 1.807) is 0 Å². The molecule has 0 radical (unpaired) electrons. The molecular weight excluding hydrogens is 392 g/mol. The van der Waals surface area contributed by atoms with Gasteiger partial charge in [-0.05, 0) is 48.4 Å². The van der Waals surface area contributed by atoms with E-state index in [9.17, 15) is 0 Å². The Balaban J connectivity index is 1.33. The van der Waals surface area contributed by atoms with Gasteiger partial charge in [-0.1, -0.05) is 76.8 Å². The maximum absolute atomic E-state index is 8.96. The van der Waals surface area contributed by atoms with Crippen molar-refractivity contribution in [2.75, 3.05) is 23.4 Å². The van der Waals surface area contributed by atoms with Crippen molar-refractivity contribution in [2.24, 2.45) is 5.10 Å². The van der Waals surface area contributed by atoms with Crippen LogP contribution in [-0.4, -0.2) is 18.8 Å². The molecule has 0 bridgehead atoms. The van der Waals surface area contributed by atoms with Crippen LogP contribution in [0.25, 0.3) is 0 Å². The molecule has 0 fully saturated rings. The Morgan fingerprint density at radius 2 is 1.47 bits per heavy atom. The number of hydrogen-bond acceptors (Lipinski definition) is 4.